The standard InChI is InChI=1S/C30H27F8N5O2/c31-17-9-15(10-18(32)13-17)11-22(26-19(3-2-8-40-26)16-5-6-21(33)20(12-16)28(39)45)41-24(44)14-43-23-4-1-7-29(34,35)25(23)27(42-43)30(36,37)38/h2-3,5-6,8-10,12-13,20-23,25H,1,4,7,11,14H2,(H2,39,45)(H,41,44)/t20?,21?,22-,23?,25?/m0/s1. The van der Waals surface area contributed by atoms with Crippen LogP contribution in [0.4, 0.5) is 35.1 Å². The SMILES string of the molecule is NC(=O)C1C=C(c2cccnc2[C@H](Cc2cc(F)cc(F)c2)NC(=O)CN2N=C(C(F)(F)F)C3C2CCCC3(F)F)C=CC1F. The van der Waals surface area contributed by atoms with Crippen LogP contribution in [0.5, 0.6) is 0 Å². The Morgan fingerprint density at radius 1 is 1.16 bits per heavy atom. The molecule has 0 radical (unpaired) electrons. The second-order valence-electron chi connectivity index (χ2n) is 11.2. The van der Waals surface area contributed by atoms with E-state index in [1.807, 2.05) is 0 Å². The average Bonchev–Trinajstić information content (AvgIpc) is 3.32. The Hall–Kier alpha value is -4.30. The Kier molecular flexibility index (Phi) is 8.73. The summed E-state index contributed by atoms with van der Waals surface area (Å²) in [7, 11) is 0. The van der Waals surface area contributed by atoms with Gasteiger partial charge < -0.3 is 11.1 Å². The second-order valence-corrected chi connectivity index (χ2v) is 11.2. The monoisotopic (exact) mass is 641 g/mol. The summed E-state index contributed by atoms with van der Waals surface area (Å²) in [5, 5.41) is 6.73. The van der Waals surface area contributed by atoms with E-state index < -0.39 is 84.3 Å². The molecule has 7 nitrogen and oxygen atoms in total. The summed E-state index contributed by atoms with van der Waals surface area (Å²) in [5.41, 5.74) is 4.45. The van der Waals surface area contributed by atoms with Gasteiger partial charge >= 0.3 is 6.18 Å². The van der Waals surface area contributed by atoms with Crippen LogP contribution in [0.15, 0.2) is 59.9 Å². The molecular weight excluding hydrogens is 614 g/mol. The predicted octanol–water partition coefficient (Wildman–Crippen LogP) is 5.19. The summed E-state index contributed by atoms with van der Waals surface area (Å²) in [4.78, 5) is 29.5. The van der Waals surface area contributed by atoms with E-state index >= 15 is 0 Å². The van der Waals surface area contributed by atoms with Gasteiger partial charge in [0.25, 0.3) is 5.92 Å². The highest BCUT2D eigenvalue weighted by Crippen LogP contribution is 2.47. The van der Waals surface area contributed by atoms with E-state index in [0.29, 0.717) is 22.2 Å². The summed E-state index contributed by atoms with van der Waals surface area (Å²) in [6, 6.07) is 3.14. The van der Waals surface area contributed by atoms with Gasteiger partial charge in [-0.1, -0.05) is 18.2 Å². The first-order chi connectivity index (χ1) is 21.1. The largest absolute Gasteiger partial charge is 0.431 e. The van der Waals surface area contributed by atoms with E-state index in [4.69, 9.17) is 5.73 Å². The van der Waals surface area contributed by atoms with E-state index in [-0.39, 0.29) is 30.5 Å². The zero-order chi connectivity index (χ0) is 32.7. The number of halogens is 8. The molecule has 1 aliphatic heterocycles. The van der Waals surface area contributed by atoms with Crippen LogP contribution in [0.3, 0.4) is 0 Å². The van der Waals surface area contributed by atoms with Crippen molar-refractivity contribution in [2.45, 2.75) is 56.0 Å². The number of hydrogen-bond donors (Lipinski definition) is 2. The number of alkyl halides is 6. The molecule has 5 atom stereocenters. The van der Waals surface area contributed by atoms with Crippen LogP contribution in [-0.2, 0) is 16.0 Å². The number of amides is 2. The lowest BCUT2D eigenvalue weighted by atomic mass is 9.79. The normalized spacial score (nSPS) is 24.8. The molecule has 2 amide bonds. The number of nitrogens with zero attached hydrogens (tertiary/aromatic N) is 3. The van der Waals surface area contributed by atoms with Crippen molar-refractivity contribution in [3.8, 4) is 0 Å². The van der Waals surface area contributed by atoms with Crippen molar-refractivity contribution in [2.24, 2.45) is 22.7 Å². The molecule has 5 rings (SSSR count). The second kappa shape index (κ2) is 12.2. The number of nitrogens with two attached hydrogens (primary N) is 1. The van der Waals surface area contributed by atoms with Crippen LogP contribution in [0, 0.1) is 23.5 Å². The smallest absolute Gasteiger partial charge is 0.369 e. The Bertz CT molecular complexity index is 1550. The van der Waals surface area contributed by atoms with Gasteiger partial charge in [-0.3, -0.25) is 19.6 Å². The van der Waals surface area contributed by atoms with Gasteiger partial charge in [-0.05, 0) is 54.7 Å². The predicted molar refractivity (Wildman–Crippen MR) is 146 cm³/mol. The molecule has 0 spiro atoms. The van der Waals surface area contributed by atoms with E-state index in [2.05, 4.69) is 15.4 Å². The first kappa shape index (κ1) is 32.1. The fourth-order valence-electron chi connectivity index (χ4n) is 6.10. The van der Waals surface area contributed by atoms with Crippen LogP contribution in [-0.4, -0.2) is 58.4 Å². The third kappa shape index (κ3) is 6.86. The molecule has 1 fully saturated rings. The third-order valence-electron chi connectivity index (χ3n) is 8.03. The number of aromatic nitrogens is 1. The Balaban J connectivity index is 1.48. The molecule has 1 aromatic heterocycles. The minimum atomic E-state index is -5.15. The lowest BCUT2D eigenvalue weighted by Crippen LogP contribution is -2.51. The number of nitrogens with one attached hydrogen (secondary N) is 1. The molecule has 0 saturated heterocycles. The minimum Gasteiger partial charge on any atom is -0.369 e. The van der Waals surface area contributed by atoms with Crippen LogP contribution in [0.1, 0.15) is 42.1 Å². The number of hydrogen-bond acceptors (Lipinski definition) is 5. The highest BCUT2D eigenvalue weighted by Gasteiger charge is 2.61. The van der Waals surface area contributed by atoms with Gasteiger partial charge in [-0.25, -0.2) is 22.0 Å². The van der Waals surface area contributed by atoms with E-state index in [0.717, 1.165) is 18.2 Å². The van der Waals surface area contributed by atoms with Gasteiger partial charge in [0.1, 0.15) is 24.4 Å². The number of rotatable bonds is 8. The van der Waals surface area contributed by atoms with Crippen molar-refractivity contribution in [3.63, 3.8) is 0 Å². The van der Waals surface area contributed by atoms with E-state index in [1.54, 1.807) is 0 Å². The first-order valence-corrected chi connectivity index (χ1v) is 14.0. The topological polar surface area (TPSA) is 101 Å². The lowest BCUT2D eigenvalue weighted by Gasteiger charge is -2.37. The minimum absolute atomic E-state index is 0.0515. The average molecular weight is 642 g/mol. The van der Waals surface area contributed by atoms with Crippen molar-refractivity contribution < 1.29 is 44.7 Å². The van der Waals surface area contributed by atoms with Crippen LogP contribution < -0.4 is 11.1 Å². The number of pyridine rings is 1. The zero-order valence-electron chi connectivity index (χ0n) is 23.4. The van der Waals surface area contributed by atoms with Crippen LogP contribution in [0.25, 0.3) is 5.57 Å². The highest BCUT2D eigenvalue weighted by molar-refractivity contribution is 5.95. The molecule has 3 N–H and O–H groups in total. The Morgan fingerprint density at radius 3 is 2.53 bits per heavy atom. The molecule has 3 aliphatic rings. The maximum Gasteiger partial charge on any atom is 0.431 e. The van der Waals surface area contributed by atoms with Crippen molar-refractivity contribution >= 4 is 23.1 Å². The number of fused-ring (bicyclic) bond motifs is 1. The molecule has 1 aromatic carbocycles. The summed E-state index contributed by atoms with van der Waals surface area (Å²) in [5.74, 6) is -10.9. The summed E-state index contributed by atoms with van der Waals surface area (Å²) in [6.07, 6.45) is -2.90. The van der Waals surface area contributed by atoms with Gasteiger partial charge in [0.2, 0.25) is 11.8 Å². The van der Waals surface area contributed by atoms with Gasteiger partial charge in [0.15, 0.2) is 5.71 Å². The Labute approximate surface area is 251 Å². The van der Waals surface area contributed by atoms with E-state index in [9.17, 15) is 44.7 Å². The number of primary amides is 1. The molecule has 2 aliphatic carbocycles. The molecule has 2 heterocycles. The highest BCUT2D eigenvalue weighted by atomic mass is 19.4. The van der Waals surface area contributed by atoms with Crippen molar-refractivity contribution in [3.05, 3.63) is 83.2 Å². The number of carbonyl (C=O) groups excluding carboxylic acids is 2. The lowest BCUT2D eigenvalue weighted by molar-refractivity contribution is -0.126. The number of carbonyl (C=O) groups is 2. The molecule has 0 bridgehead atoms. The number of benzene rings is 1. The fourth-order valence-corrected chi connectivity index (χ4v) is 6.10. The molecule has 1 saturated carbocycles. The molecule has 15 heteroatoms. The molecule has 4 unspecified atom stereocenters. The quantitative estimate of drug-likeness (QED) is 0.388. The molecule has 2 aromatic rings. The summed E-state index contributed by atoms with van der Waals surface area (Å²) < 4.78 is 113. The third-order valence-corrected chi connectivity index (χ3v) is 8.03. The molecular formula is C30H27F8N5O2. The van der Waals surface area contributed by atoms with Gasteiger partial charge in [-0.2, -0.15) is 18.3 Å². The van der Waals surface area contributed by atoms with Crippen LogP contribution >= 0.6 is 0 Å². The number of allylic oxidation sites excluding steroid dienone is 3. The summed E-state index contributed by atoms with van der Waals surface area (Å²) >= 11 is 0. The van der Waals surface area contributed by atoms with Gasteiger partial charge in [0.05, 0.1) is 29.6 Å². The zero-order valence-corrected chi connectivity index (χ0v) is 23.4. The fraction of sp³-hybridized carbons (Fsp3) is 0.400. The van der Waals surface area contributed by atoms with Crippen molar-refractivity contribution in [1.29, 1.82) is 0 Å². The van der Waals surface area contributed by atoms with Crippen molar-refractivity contribution in [2.75, 3.05) is 6.54 Å². The van der Waals surface area contributed by atoms with Gasteiger partial charge in [0, 0.05) is 24.2 Å². The maximum absolute atomic E-state index is 14.7. The van der Waals surface area contributed by atoms with Crippen LogP contribution in [0.2, 0.25) is 0 Å². The molecule has 240 valence electrons. The van der Waals surface area contributed by atoms with E-state index in [1.165, 1.54) is 30.5 Å². The first-order valence-electron chi connectivity index (χ1n) is 14.0. The Morgan fingerprint density at radius 2 is 1.87 bits per heavy atom. The maximum atomic E-state index is 14.7. The van der Waals surface area contributed by atoms with Gasteiger partial charge in [-0.15, -0.1) is 0 Å². The molecule has 45 heavy (non-hydrogen) atoms. The van der Waals surface area contributed by atoms with Crippen molar-refractivity contribution in [1.82, 2.24) is 15.3 Å². The number of hydrazone groups is 1. The summed E-state index contributed by atoms with van der Waals surface area (Å²) in [6.45, 7) is -0.830.